The van der Waals surface area contributed by atoms with E-state index in [4.69, 9.17) is 14.2 Å². The molecule has 3 aromatic carbocycles. The average Bonchev–Trinajstić information content (AvgIpc) is 2.90. The Hall–Kier alpha value is -4.66. The molecule has 9 nitrogen and oxygen atoms in total. The van der Waals surface area contributed by atoms with Gasteiger partial charge in [-0.25, -0.2) is 10.2 Å². The molecule has 2 N–H and O–H groups in total. The van der Waals surface area contributed by atoms with Gasteiger partial charge in [-0.1, -0.05) is 42.5 Å². The number of esters is 1. The third-order valence-corrected chi connectivity index (χ3v) is 4.94. The van der Waals surface area contributed by atoms with Crippen LogP contribution in [0.3, 0.4) is 0 Å². The summed E-state index contributed by atoms with van der Waals surface area (Å²) in [5.74, 6) is -1.43. The van der Waals surface area contributed by atoms with Gasteiger partial charge in [0.25, 0.3) is 0 Å². The van der Waals surface area contributed by atoms with Gasteiger partial charge in [0.1, 0.15) is 11.3 Å². The zero-order valence-corrected chi connectivity index (χ0v) is 19.5. The Morgan fingerprint density at radius 1 is 0.800 bits per heavy atom. The van der Waals surface area contributed by atoms with Gasteiger partial charge in [-0.2, -0.15) is 5.10 Å². The molecular formula is C26H25N3O6. The van der Waals surface area contributed by atoms with Gasteiger partial charge in [0.15, 0.2) is 11.5 Å². The van der Waals surface area contributed by atoms with Crippen LogP contribution in [0.1, 0.15) is 28.4 Å². The molecule has 0 aromatic heterocycles. The van der Waals surface area contributed by atoms with Crippen molar-refractivity contribution in [1.82, 2.24) is 10.7 Å². The number of methoxy groups -OCH3 is 2. The number of hydrogen-bond acceptors (Lipinski definition) is 7. The summed E-state index contributed by atoms with van der Waals surface area (Å²) in [4.78, 5) is 36.7. The number of amides is 2. The lowest BCUT2D eigenvalue weighted by molar-refractivity contribution is -0.139. The molecule has 0 atom stereocenters. The minimum atomic E-state index is -0.894. The first-order valence-corrected chi connectivity index (χ1v) is 10.6. The average molecular weight is 476 g/mol. The maximum atomic E-state index is 12.6. The van der Waals surface area contributed by atoms with Crippen molar-refractivity contribution in [3.05, 3.63) is 89.5 Å². The summed E-state index contributed by atoms with van der Waals surface area (Å²) >= 11 is 0. The Balaban J connectivity index is 1.64. The lowest BCUT2D eigenvalue weighted by Crippen LogP contribution is -2.37. The Kier molecular flexibility index (Phi) is 8.55. The van der Waals surface area contributed by atoms with Crippen LogP contribution < -0.4 is 25.0 Å². The summed E-state index contributed by atoms with van der Waals surface area (Å²) in [5.41, 5.74) is 4.37. The Morgan fingerprint density at radius 2 is 1.49 bits per heavy atom. The molecule has 2 amide bonds. The fraction of sp³-hybridized carbons (Fsp3) is 0.154. The molecule has 0 aliphatic heterocycles. The smallest absolute Gasteiger partial charge is 0.347 e. The Morgan fingerprint density at radius 3 is 2.20 bits per heavy atom. The second-order valence-corrected chi connectivity index (χ2v) is 7.26. The van der Waals surface area contributed by atoms with Crippen LogP contribution >= 0.6 is 0 Å². The van der Waals surface area contributed by atoms with Gasteiger partial charge >= 0.3 is 17.8 Å². The van der Waals surface area contributed by atoms with Gasteiger partial charge in [-0.3, -0.25) is 9.59 Å². The van der Waals surface area contributed by atoms with Crippen molar-refractivity contribution in [2.24, 2.45) is 5.10 Å². The van der Waals surface area contributed by atoms with Crippen LogP contribution in [0.5, 0.6) is 17.2 Å². The number of hydrogen-bond donors (Lipinski definition) is 2. The lowest BCUT2D eigenvalue weighted by Gasteiger charge is -2.12. The number of benzene rings is 3. The zero-order valence-electron chi connectivity index (χ0n) is 19.5. The molecule has 0 saturated carbocycles. The van der Waals surface area contributed by atoms with Crippen LogP contribution in [-0.4, -0.2) is 37.7 Å². The second-order valence-electron chi connectivity index (χ2n) is 7.26. The number of nitrogens with one attached hydrogen (secondary N) is 2. The van der Waals surface area contributed by atoms with Crippen LogP contribution in [0, 0.1) is 0 Å². The fourth-order valence-electron chi connectivity index (χ4n) is 3.05. The Bertz CT molecular complexity index is 1240. The molecule has 0 spiro atoms. The van der Waals surface area contributed by atoms with Gasteiger partial charge in [0.2, 0.25) is 0 Å². The van der Waals surface area contributed by atoms with Gasteiger partial charge < -0.3 is 19.5 Å². The number of carbonyl (C=O) groups excluding carboxylic acids is 3. The fourth-order valence-corrected chi connectivity index (χ4v) is 3.05. The first kappa shape index (κ1) is 25.0. The SMILES string of the molecule is COc1cc(/C(C)=N/NC(=O)C(=O)NCc2ccccc2)ccc1OC(=O)c1ccccc1OC. The number of rotatable bonds is 8. The number of hydrazone groups is 1. The van der Waals surface area contributed by atoms with Gasteiger partial charge in [-0.15, -0.1) is 0 Å². The van der Waals surface area contributed by atoms with Crippen molar-refractivity contribution in [1.29, 1.82) is 0 Å². The highest BCUT2D eigenvalue weighted by molar-refractivity contribution is 6.35. The summed E-state index contributed by atoms with van der Waals surface area (Å²) in [6.07, 6.45) is 0. The molecule has 9 heteroatoms. The van der Waals surface area contributed by atoms with Crippen molar-refractivity contribution in [2.75, 3.05) is 14.2 Å². The van der Waals surface area contributed by atoms with E-state index in [-0.39, 0.29) is 23.6 Å². The monoisotopic (exact) mass is 475 g/mol. The second kappa shape index (κ2) is 12.0. The summed E-state index contributed by atoms with van der Waals surface area (Å²) < 4.78 is 16.0. The predicted molar refractivity (Wildman–Crippen MR) is 130 cm³/mol. The van der Waals surface area contributed by atoms with Crippen LogP contribution in [-0.2, 0) is 16.1 Å². The van der Waals surface area contributed by atoms with E-state index in [1.807, 2.05) is 30.3 Å². The predicted octanol–water partition coefficient (Wildman–Crippen LogP) is 3.08. The highest BCUT2D eigenvalue weighted by Gasteiger charge is 2.17. The molecule has 0 aliphatic carbocycles. The van der Waals surface area contributed by atoms with Crippen molar-refractivity contribution < 1.29 is 28.6 Å². The first-order valence-electron chi connectivity index (χ1n) is 10.6. The molecule has 0 aliphatic rings. The van der Waals surface area contributed by atoms with Crippen molar-refractivity contribution in [3.63, 3.8) is 0 Å². The summed E-state index contributed by atoms with van der Waals surface area (Å²) in [7, 11) is 2.90. The number of carbonyl (C=O) groups is 3. The van der Waals surface area contributed by atoms with E-state index in [2.05, 4.69) is 15.8 Å². The maximum absolute atomic E-state index is 12.6. The van der Waals surface area contributed by atoms with Crippen molar-refractivity contribution in [3.8, 4) is 17.2 Å². The highest BCUT2D eigenvalue weighted by Crippen LogP contribution is 2.30. The van der Waals surface area contributed by atoms with Crippen LogP contribution in [0.25, 0.3) is 0 Å². The molecule has 0 heterocycles. The third-order valence-electron chi connectivity index (χ3n) is 4.94. The molecule has 3 rings (SSSR count). The molecule has 3 aromatic rings. The topological polar surface area (TPSA) is 115 Å². The van der Waals surface area contributed by atoms with E-state index in [1.54, 1.807) is 49.4 Å². The van der Waals surface area contributed by atoms with Gasteiger partial charge in [-0.05, 0) is 42.8 Å². The normalized spacial score (nSPS) is 10.8. The molecule has 0 saturated heterocycles. The van der Waals surface area contributed by atoms with Gasteiger partial charge in [0, 0.05) is 12.1 Å². The van der Waals surface area contributed by atoms with Crippen LogP contribution in [0.15, 0.2) is 77.9 Å². The quantitative estimate of drug-likeness (QED) is 0.170. The van der Waals surface area contributed by atoms with E-state index in [9.17, 15) is 14.4 Å². The summed E-state index contributed by atoms with van der Waals surface area (Å²) in [5, 5.41) is 6.51. The summed E-state index contributed by atoms with van der Waals surface area (Å²) in [6, 6.07) is 20.7. The van der Waals surface area contributed by atoms with Crippen LogP contribution in [0.2, 0.25) is 0 Å². The van der Waals surface area contributed by atoms with E-state index in [0.717, 1.165) is 5.56 Å². The summed E-state index contributed by atoms with van der Waals surface area (Å²) in [6.45, 7) is 1.87. The number of para-hydroxylation sites is 1. The van der Waals surface area contributed by atoms with E-state index in [0.29, 0.717) is 17.0 Å². The van der Waals surface area contributed by atoms with E-state index >= 15 is 0 Å². The molecule has 0 radical (unpaired) electrons. The van der Waals surface area contributed by atoms with E-state index in [1.165, 1.54) is 14.2 Å². The Labute approximate surface area is 202 Å². The highest BCUT2D eigenvalue weighted by atomic mass is 16.6. The molecular weight excluding hydrogens is 450 g/mol. The number of nitrogens with zero attached hydrogens (tertiary/aromatic N) is 1. The number of ether oxygens (including phenoxy) is 3. The van der Waals surface area contributed by atoms with E-state index < -0.39 is 17.8 Å². The zero-order chi connectivity index (χ0) is 25.2. The van der Waals surface area contributed by atoms with Gasteiger partial charge in [0.05, 0.1) is 19.9 Å². The molecule has 35 heavy (non-hydrogen) atoms. The standard InChI is InChI=1S/C26H25N3O6/c1-17(28-29-25(31)24(30)27-16-18-9-5-4-6-10-18)19-13-14-22(23(15-19)34-3)35-26(32)20-11-7-8-12-21(20)33-2/h4-15H,16H2,1-3H3,(H,27,30)(H,29,31)/b28-17+. The minimum absolute atomic E-state index is 0.198. The molecule has 0 fully saturated rings. The van der Waals surface area contributed by atoms with Crippen molar-refractivity contribution in [2.45, 2.75) is 13.5 Å². The molecule has 180 valence electrons. The maximum Gasteiger partial charge on any atom is 0.347 e. The molecule has 0 bridgehead atoms. The third kappa shape index (κ3) is 6.67. The van der Waals surface area contributed by atoms with Crippen molar-refractivity contribution >= 4 is 23.5 Å². The lowest BCUT2D eigenvalue weighted by atomic mass is 10.1. The molecule has 0 unspecified atom stereocenters. The minimum Gasteiger partial charge on any atom is -0.496 e. The van der Waals surface area contributed by atoms with Crippen LogP contribution in [0.4, 0.5) is 0 Å². The first-order chi connectivity index (χ1) is 16.9. The largest absolute Gasteiger partial charge is 0.496 e.